The molecule has 0 heterocycles. The van der Waals surface area contributed by atoms with Crippen molar-refractivity contribution in [1.82, 2.24) is 0 Å². The van der Waals surface area contributed by atoms with Crippen LogP contribution in [0.3, 0.4) is 0 Å². The lowest BCUT2D eigenvalue weighted by Gasteiger charge is -2.24. The number of halogens is 1. The Bertz CT molecular complexity index is 623. The second-order valence-electron chi connectivity index (χ2n) is 5.36. The van der Waals surface area contributed by atoms with Gasteiger partial charge in [0.2, 0.25) is 0 Å². The van der Waals surface area contributed by atoms with Gasteiger partial charge < -0.3 is 14.2 Å². The summed E-state index contributed by atoms with van der Waals surface area (Å²) in [6.07, 6.45) is 0. The Morgan fingerprint density at radius 3 is 2.26 bits per heavy atom. The molecule has 5 heteroatoms. The SMILES string of the molecule is CC(C)(Oc1ccc(F)cc1)C(=O)OCCOc1ccccc1. The second kappa shape index (κ2) is 7.63. The highest BCUT2D eigenvalue weighted by atomic mass is 19.1. The number of carbonyl (C=O) groups excluding carboxylic acids is 1. The minimum Gasteiger partial charge on any atom is -0.490 e. The normalized spacial score (nSPS) is 10.9. The Kier molecular flexibility index (Phi) is 5.57. The summed E-state index contributed by atoms with van der Waals surface area (Å²) >= 11 is 0. The van der Waals surface area contributed by atoms with E-state index in [9.17, 15) is 9.18 Å². The zero-order chi connectivity index (χ0) is 16.7. The lowest BCUT2D eigenvalue weighted by Crippen LogP contribution is -2.40. The van der Waals surface area contributed by atoms with E-state index in [2.05, 4.69) is 0 Å². The third kappa shape index (κ3) is 5.29. The van der Waals surface area contributed by atoms with E-state index in [0.29, 0.717) is 11.5 Å². The average molecular weight is 318 g/mol. The fourth-order valence-electron chi connectivity index (χ4n) is 1.82. The summed E-state index contributed by atoms with van der Waals surface area (Å²) in [7, 11) is 0. The van der Waals surface area contributed by atoms with Crippen molar-refractivity contribution in [3.63, 3.8) is 0 Å². The highest BCUT2D eigenvalue weighted by Gasteiger charge is 2.31. The van der Waals surface area contributed by atoms with E-state index in [1.54, 1.807) is 13.8 Å². The van der Waals surface area contributed by atoms with Crippen molar-refractivity contribution < 1.29 is 23.4 Å². The molecule has 4 nitrogen and oxygen atoms in total. The van der Waals surface area contributed by atoms with Crippen molar-refractivity contribution in [2.24, 2.45) is 0 Å². The van der Waals surface area contributed by atoms with Crippen LogP contribution in [0.4, 0.5) is 4.39 Å². The topological polar surface area (TPSA) is 44.8 Å². The number of benzene rings is 2. The molecular weight excluding hydrogens is 299 g/mol. The molecule has 0 spiro atoms. The van der Waals surface area contributed by atoms with Crippen LogP contribution in [0, 0.1) is 5.82 Å². The van der Waals surface area contributed by atoms with Crippen molar-refractivity contribution in [2.45, 2.75) is 19.4 Å². The predicted octanol–water partition coefficient (Wildman–Crippen LogP) is 3.61. The first-order valence-electron chi connectivity index (χ1n) is 7.27. The molecule has 0 saturated carbocycles. The molecule has 0 fully saturated rings. The number of esters is 1. The van der Waals surface area contributed by atoms with Gasteiger partial charge in [0.1, 0.15) is 30.5 Å². The van der Waals surface area contributed by atoms with Gasteiger partial charge in [-0.3, -0.25) is 0 Å². The quantitative estimate of drug-likeness (QED) is 0.578. The van der Waals surface area contributed by atoms with Crippen LogP contribution in [0.15, 0.2) is 54.6 Å². The van der Waals surface area contributed by atoms with Gasteiger partial charge in [0.05, 0.1) is 0 Å². The van der Waals surface area contributed by atoms with Crippen LogP contribution in [0.25, 0.3) is 0 Å². The maximum Gasteiger partial charge on any atom is 0.350 e. The first-order valence-corrected chi connectivity index (χ1v) is 7.27. The van der Waals surface area contributed by atoms with E-state index in [1.807, 2.05) is 30.3 Å². The van der Waals surface area contributed by atoms with E-state index in [-0.39, 0.29) is 19.0 Å². The second-order valence-corrected chi connectivity index (χ2v) is 5.36. The van der Waals surface area contributed by atoms with Crippen molar-refractivity contribution >= 4 is 5.97 Å². The van der Waals surface area contributed by atoms with Gasteiger partial charge in [0, 0.05) is 0 Å². The van der Waals surface area contributed by atoms with Crippen LogP contribution in [0.1, 0.15) is 13.8 Å². The summed E-state index contributed by atoms with van der Waals surface area (Å²) in [5.41, 5.74) is -1.18. The van der Waals surface area contributed by atoms with Crippen molar-refractivity contribution in [3.05, 3.63) is 60.4 Å². The third-order valence-corrected chi connectivity index (χ3v) is 3.01. The number of hydrogen-bond acceptors (Lipinski definition) is 4. The standard InChI is InChI=1S/C18H19FO4/c1-18(2,23-16-10-8-14(19)9-11-16)17(20)22-13-12-21-15-6-4-3-5-7-15/h3-11H,12-13H2,1-2H3. The van der Waals surface area contributed by atoms with Crippen LogP contribution in [0.2, 0.25) is 0 Å². The van der Waals surface area contributed by atoms with Gasteiger partial charge in [-0.25, -0.2) is 9.18 Å². The van der Waals surface area contributed by atoms with E-state index < -0.39 is 11.6 Å². The highest BCUT2D eigenvalue weighted by molar-refractivity contribution is 5.79. The number of rotatable bonds is 7. The Labute approximate surface area is 134 Å². The Hall–Kier alpha value is -2.56. The highest BCUT2D eigenvalue weighted by Crippen LogP contribution is 2.20. The average Bonchev–Trinajstić information content (AvgIpc) is 2.54. The van der Waals surface area contributed by atoms with Crippen LogP contribution >= 0.6 is 0 Å². The summed E-state index contributed by atoms with van der Waals surface area (Å²) in [5.74, 6) is 0.230. The van der Waals surface area contributed by atoms with Crippen molar-refractivity contribution in [1.29, 1.82) is 0 Å². The molecule has 0 aliphatic rings. The number of carbonyl (C=O) groups is 1. The largest absolute Gasteiger partial charge is 0.490 e. The molecule has 0 aliphatic carbocycles. The minimum atomic E-state index is -1.18. The summed E-state index contributed by atoms with van der Waals surface area (Å²) in [4.78, 5) is 12.1. The number of hydrogen-bond donors (Lipinski definition) is 0. The molecule has 0 atom stereocenters. The van der Waals surface area contributed by atoms with Crippen LogP contribution in [-0.2, 0) is 9.53 Å². The van der Waals surface area contributed by atoms with E-state index in [4.69, 9.17) is 14.2 Å². The lowest BCUT2D eigenvalue weighted by atomic mass is 10.1. The molecule has 23 heavy (non-hydrogen) atoms. The zero-order valence-electron chi connectivity index (χ0n) is 13.1. The molecule has 0 amide bonds. The van der Waals surface area contributed by atoms with Gasteiger partial charge in [-0.2, -0.15) is 0 Å². The first-order chi connectivity index (χ1) is 11.0. The maximum absolute atomic E-state index is 12.9. The van der Waals surface area contributed by atoms with E-state index in [0.717, 1.165) is 0 Å². The summed E-state index contributed by atoms with van der Waals surface area (Å²) in [6.45, 7) is 3.56. The monoisotopic (exact) mass is 318 g/mol. The van der Waals surface area contributed by atoms with Gasteiger partial charge in [-0.1, -0.05) is 18.2 Å². The van der Waals surface area contributed by atoms with Crippen LogP contribution < -0.4 is 9.47 Å². The fourth-order valence-corrected chi connectivity index (χ4v) is 1.82. The van der Waals surface area contributed by atoms with Crippen LogP contribution in [-0.4, -0.2) is 24.8 Å². The van der Waals surface area contributed by atoms with Crippen molar-refractivity contribution in [2.75, 3.05) is 13.2 Å². The molecule has 0 radical (unpaired) electrons. The molecule has 0 aromatic heterocycles. The van der Waals surface area contributed by atoms with Gasteiger partial charge in [-0.15, -0.1) is 0 Å². The maximum atomic E-state index is 12.9. The molecule has 0 bridgehead atoms. The molecule has 0 aliphatic heterocycles. The van der Waals surface area contributed by atoms with Gasteiger partial charge in [0.25, 0.3) is 0 Å². The molecule has 0 unspecified atom stereocenters. The Balaban J connectivity index is 1.78. The number of para-hydroxylation sites is 1. The van der Waals surface area contributed by atoms with Gasteiger partial charge >= 0.3 is 5.97 Å². The molecule has 2 rings (SSSR count). The predicted molar refractivity (Wildman–Crippen MR) is 84.0 cm³/mol. The summed E-state index contributed by atoms with van der Waals surface area (Å²) < 4.78 is 29.0. The molecule has 0 N–H and O–H groups in total. The molecule has 0 saturated heterocycles. The van der Waals surface area contributed by atoms with E-state index >= 15 is 0 Å². The van der Waals surface area contributed by atoms with E-state index in [1.165, 1.54) is 24.3 Å². The Morgan fingerprint density at radius 2 is 1.61 bits per heavy atom. The molecule has 122 valence electrons. The third-order valence-electron chi connectivity index (χ3n) is 3.01. The first kappa shape index (κ1) is 16.8. The zero-order valence-corrected chi connectivity index (χ0v) is 13.1. The fraction of sp³-hybridized carbons (Fsp3) is 0.278. The van der Waals surface area contributed by atoms with Crippen LogP contribution in [0.5, 0.6) is 11.5 Å². The molecule has 2 aromatic rings. The lowest BCUT2D eigenvalue weighted by molar-refractivity contribution is -0.160. The Morgan fingerprint density at radius 1 is 0.957 bits per heavy atom. The van der Waals surface area contributed by atoms with Gasteiger partial charge in [-0.05, 0) is 50.2 Å². The molecular formula is C18H19FO4. The minimum absolute atomic E-state index is 0.115. The smallest absolute Gasteiger partial charge is 0.350 e. The molecule has 2 aromatic carbocycles. The van der Waals surface area contributed by atoms with Gasteiger partial charge in [0.15, 0.2) is 5.60 Å². The van der Waals surface area contributed by atoms with Crippen molar-refractivity contribution in [3.8, 4) is 11.5 Å². The summed E-state index contributed by atoms with van der Waals surface area (Å²) in [6, 6.07) is 14.7. The number of ether oxygens (including phenoxy) is 3. The summed E-state index contributed by atoms with van der Waals surface area (Å²) in [5, 5.41) is 0.